The molecule has 0 spiro atoms. The summed E-state index contributed by atoms with van der Waals surface area (Å²) in [5, 5.41) is 8.46. The van der Waals surface area contributed by atoms with Crippen molar-refractivity contribution in [3.05, 3.63) is 61.1 Å². The molecule has 0 aliphatic carbocycles. The topological polar surface area (TPSA) is 91.2 Å². The number of aromatic nitrogens is 4. The maximum Gasteiger partial charge on any atom is 0.237 e. The van der Waals surface area contributed by atoms with E-state index in [4.69, 9.17) is 9.47 Å². The Hall–Kier alpha value is -3.59. The standard InChI is InChI=1S/C22H21N5O3S/c1-14(21(28)26-15-9-10-18(29-2)19(11-15)30-3)31-22-17-12-25-27(20(17)23-13-24-22)16-7-5-4-6-8-16/h4-14H,1-3H3,(H,26,28). The van der Waals surface area contributed by atoms with E-state index in [0.29, 0.717) is 27.9 Å². The molecule has 0 radical (unpaired) electrons. The van der Waals surface area contributed by atoms with Crippen LogP contribution in [-0.2, 0) is 4.79 Å². The number of fused-ring (bicyclic) bond motifs is 1. The number of anilines is 1. The molecular formula is C22H21N5O3S. The van der Waals surface area contributed by atoms with Crippen LogP contribution in [0.3, 0.4) is 0 Å². The molecule has 4 rings (SSSR count). The monoisotopic (exact) mass is 435 g/mol. The first-order chi connectivity index (χ1) is 15.1. The zero-order valence-electron chi connectivity index (χ0n) is 17.3. The first-order valence-corrected chi connectivity index (χ1v) is 10.4. The first-order valence-electron chi connectivity index (χ1n) is 9.54. The molecule has 0 aliphatic rings. The average Bonchev–Trinajstić information content (AvgIpc) is 3.24. The van der Waals surface area contributed by atoms with E-state index in [1.165, 1.54) is 18.1 Å². The highest BCUT2D eigenvalue weighted by Crippen LogP contribution is 2.32. The molecule has 2 aromatic carbocycles. The predicted octanol–water partition coefficient (Wildman–Crippen LogP) is 3.95. The van der Waals surface area contributed by atoms with Crippen LogP contribution in [0.4, 0.5) is 5.69 Å². The van der Waals surface area contributed by atoms with Gasteiger partial charge in [-0.2, -0.15) is 5.10 Å². The minimum Gasteiger partial charge on any atom is -0.493 e. The fourth-order valence-electron chi connectivity index (χ4n) is 3.05. The second kappa shape index (κ2) is 9.05. The number of hydrogen-bond acceptors (Lipinski definition) is 7. The number of carbonyl (C=O) groups excluding carboxylic acids is 1. The third-order valence-electron chi connectivity index (χ3n) is 4.64. The molecule has 0 bridgehead atoms. The lowest BCUT2D eigenvalue weighted by atomic mass is 10.2. The number of methoxy groups -OCH3 is 2. The van der Waals surface area contributed by atoms with Gasteiger partial charge in [0.15, 0.2) is 17.1 Å². The Morgan fingerprint density at radius 2 is 1.84 bits per heavy atom. The Labute approximate surface area is 183 Å². The van der Waals surface area contributed by atoms with E-state index in [9.17, 15) is 4.79 Å². The number of para-hydroxylation sites is 1. The van der Waals surface area contributed by atoms with Crippen molar-refractivity contribution in [2.24, 2.45) is 0 Å². The van der Waals surface area contributed by atoms with Gasteiger partial charge in [0, 0.05) is 11.8 Å². The Morgan fingerprint density at radius 3 is 2.58 bits per heavy atom. The molecule has 1 unspecified atom stereocenters. The average molecular weight is 436 g/mol. The van der Waals surface area contributed by atoms with Crippen molar-refractivity contribution < 1.29 is 14.3 Å². The lowest BCUT2D eigenvalue weighted by molar-refractivity contribution is -0.115. The van der Waals surface area contributed by atoms with Crippen LogP contribution in [0, 0.1) is 0 Å². The summed E-state index contributed by atoms with van der Waals surface area (Å²) in [5.41, 5.74) is 2.22. The summed E-state index contributed by atoms with van der Waals surface area (Å²) in [7, 11) is 3.12. The van der Waals surface area contributed by atoms with Crippen molar-refractivity contribution in [1.82, 2.24) is 19.7 Å². The molecular weight excluding hydrogens is 414 g/mol. The van der Waals surface area contributed by atoms with Gasteiger partial charge in [0.1, 0.15) is 11.4 Å². The number of amides is 1. The number of benzene rings is 2. The van der Waals surface area contributed by atoms with Gasteiger partial charge in [-0.25, -0.2) is 14.6 Å². The summed E-state index contributed by atoms with van der Waals surface area (Å²) in [5.74, 6) is 0.993. The van der Waals surface area contributed by atoms with Crippen LogP contribution >= 0.6 is 11.8 Å². The molecule has 2 aromatic heterocycles. The second-order valence-electron chi connectivity index (χ2n) is 6.63. The second-order valence-corrected chi connectivity index (χ2v) is 7.96. The van der Waals surface area contributed by atoms with E-state index in [2.05, 4.69) is 20.4 Å². The van der Waals surface area contributed by atoms with Gasteiger partial charge in [-0.05, 0) is 31.2 Å². The molecule has 8 nitrogen and oxygen atoms in total. The van der Waals surface area contributed by atoms with Gasteiger partial charge in [-0.3, -0.25) is 4.79 Å². The van der Waals surface area contributed by atoms with Gasteiger partial charge in [-0.15, -0.1) is 0 Å². The smallest absolute Gasteiger partial charge is 0.237 e. The number of rotatable bonds is 7. The van der Waals surface area contributed by atoms with Gasteiger partial charge in [-0.1, -0.05) is 30.0 Å². The molecule has 31 heavy (non-hydrogen) atoms. The molecule has 1 N–H and O–H groups in total. The third-order valence-corrected chi connectivity index (χ3v) is 5.75. The van der Waals surface area contributed by atoms with E-state index in [1.54, 1.807) is 43.3 Å². The lowest BCUT2D eigenvalue weighted by Crippen LogP contribution is -2.22. The maximum absolute atomic E-state index is 12.8. The number of ether oxygens (including phenoxy) is 2. The fraction of sp³-hybridized carbons (Fsp3) is 0.182. The number of nitrogens with zero attached hydrogens (tertiary/aromatic N) is 4. The number of carbonyl (C=O) groups is 1. The minimum absolute atomic E-state index is 0.153. The quantitative estimate of drug-likeness (QED) is 0.347. The molecule has 1 atom stereocenters. The predicted molar refractivity (Wildman–Crippen MR) is 120 cm³/mol. The van der Waals surface area contributed by atoms with Crippen LogP contribution in [0.2, 0.25) is 0 Å². The summed E-state index contributed by atoms with van der Waals surface area (Å²) in [6.07, 6.45) is 3.22. The van der Waals surface area contributed by atoms with E-state index < -0.39 is 5.25 Å². The Morgan fingerprint density at radius 1 is 1.06 bits per heavy atom. The maximum atomic E-state index is 12.8. The third kappa shape index (κ3) is 4.31. The van der Waals surface area contributed by atoms with Crippen molar-refractivity contribution in [3.63, 3.8) is 0 Å². The summed E-state index contributed by atoms with van der Waals surface area (Å²) in [6, 6.07) is 15.0. The van der Waals surface area contributed by atoms with Crippen LogP contribution in [0.15, 0.2) is 66.1 Å². The summed E-state index contributed by atoms with van der Waals surface area (Å²) in [4.78, 5) is 21.5. The van der Waals surface area contributed by atoms with E-state index in [-0.39, 0.29) is 5.91 Å². The molecule has 0 fully saturated rings. The summed E-state index contributed by atoms with van der Waals surface area (Å²) < 4.78 is 12.3. The van der Waals surface area contributed by atoms with Crippen molar-refractivity contribution >= 4 is 34.4 Å². The van der Waals surface area contributed by atoms with Crippen LogP contribution in [0.5, 0.6) is 11.5 Å². The van der Waals surface area contributed by atoms with Crippen LogP contribution in [0.25, 0.3) is 16.7 Å². The number of thioether (sulfide) groups is 1. The van der Waals surface area contributed by atoms with Crippen LogP contribution in [0.1, 0.15) is 6.92 Å². The van der Waals surface area contributed by atoms with Crippen LogP contribution in [-0.4, -0.2) is 45.1 Å². The molecule has 2 heterocycles. The van der Waals surface area contributed by atoms with Gasteiger partial charge in [0.05, 0.1) is 36.7 Å². The van der Waals surface area contributed by atoms with Gasteiger partial charge in [0.25, 0.3) is 0 Å². The lowest BCUT2D eigenvalue weighted by Gasteiger charge is -2.14. The summed E-state index contributed by atoms with van der Waals surface area (Å²) in [6.45, 7) is 1.83. The van der Waals surface area contributed by atoms with Crippen molar-refractivity contribution in [1.29, 1.82) is 0 Å². The summed E-state index contributed by atoms with van der Waals surface area (Å²) >= 11 is 1.35. The highest BCUT2D eigenvalue weighted by atomic mass is 32.2. The van der Waals surface area contributed by atoms with Gasteiger partial charge < -0.3 is 14.8 Å². The molecule has 4 aromatic rings. The Bertz CT molecular complexity index is 1210. The molecule has 0 saturated carbocycles. The number of nitrogens with one attached hydrogen (secondary N) is 1. The molecule has 0 aliphatic heterocycles. The van der Waals surface area contributed by atoms with Gasteiger partial charge in [0.2, 0.25) is 5.91 Å². The van der Waals surface area contributed by atoms with Crippen molar-refractivity contribution in [2.45, 2.75) is 17.2 Å². The first kappa shape index (κ1) is 20.7. The largest absolute Gasteiger partial charge is 0.493 e. The SMILES string of the molecule is COc1ccc(NC(=O)C(C)Sc2ncnc3c2cnn3-c2ccccc2)cc1OC. The van der Waals surface area contributed by atoms with Crippen molar-refractivity contribution in [3.8, 4) is 17.2 Å². The number of hydrogen-bond donors (Lipinski definition) is 1. The zero-order chi connectivity index (χ0) is 21.8. The minimum atomic E-state index is -0.397. The van der Waals surface area contributed by atoms with E-state index in [0.717, 1.165) is 11.1 Å². The molecule has 0 saturated heterocycles. The van der Waals surface area contributed by atoms with Gasteiger partial charge >= 0.3 is 0 Å². The molecule has 158 valence electrons. The normalized spacial score (nSPS) is 11.8. The highest BCUT2D eigenvalue weighted by molar-refractivity contribution is 8.00. The zero-order valence-corrected chi connectivity index (χ0v) is 18.1. The molecule has 9 heteroatoms. The van der Waals surface area contributed by atoms with E-state index >= 15 is 0 Å². The Kier molecular flexibility index (Phi) is 6.03. The van der Waals surface area contributed by atoms with Crippen LogP contribution < -0.4 is 14.8 Å². The fourth-order valence-corrected chi connectivity index (χ4v) is 3.93. The van der Waals surface area contributed by atoms with E-state index in [1.807, 2.05) is 37.3 Å². The highest BCUT2D eigenvalue weighted by Gasteiger charge is 2.19. The Balaban J connectivity index is 1.53. The van der Waals surface area contributed by atoms with Crippen molar-refractivity contribution in [2.75, 3.05) is 19.5 Å². The molecule has 1 amide bonds.